The van der Waals surface area contributed by atoms with Crippen LogP contribution in [0.5, 0.6) is 0 Å². The van der Waals surface area contributed by atoms with Crippen LogP contribution in [0.3, 0.4) is 0 Å². The number of alkyl halides is 3. The third kappa shape index (κ3) is 1.86. The Hall–Kier alpha value is -1.52. The normalized spacial score (nSPS) is 11.4. The fourth-order valence-corrected chi connectivity index (χ4v) is 1.20. The van der Waals surface area contributed by atoms with E-state index in [1.807, 2.05) is 0 Å². The largest absolute Gasteiger partial charge is 0.417 e. The number of rotatable bonds is 1. The molecule has 0 aromatic carbocycles. The zero-order valence-electron chi connectivity index (χ0n) is 7.52. The Bertz CT molecular complexity index is 369. The Morgan fingerprint density at radius 3 is 2.50 bits per heavy atom. The quantitative estimate of drug-likeness (QED) is 0.760. The van der Waals surface area contributed by atoms with Gasteiger partial charge in [0.1, 0.15) is 5.82 Å². The van der Waals surface area contributed by atoms with Gasteiger partial charge in [0.15, 0.2) is 0 Å². The molecule has 0 saturated heterocycles. The van der Waals surface area contributed by atoms with Gasteiger partial charge in [0, 0.05) is 11.3 Å². The summed E-state index contributed by atoms with van der Waals surface area (Å²) in [5, 5.41) is 0. The van der Waals surface area contributed by atoms with Gasteiger partial charge in [-0.1, -0.05) is 12.7 Å². The van der Waals surface area contributed by atoms with E-state index < -0.39 is 11.7 Å². The highest BCUT2D eigenvalue weighted by Crippen LogP contribution is 2.34. The van der Waals surface area contributed by atoms with Crippen LogP contribution in [0, 0.1) is 6.92 Å². The molecule has 0 saturated carbocycles. The van der Waals surface area contributed by atoms with E-state index in [9.17, 15) is 13.2 Å². The summed E-state index contributed by atoms with van der Waals surface area (Å²) in [4.78, 5) is 3.73. The van der Waals surface area contributed by atoms with Crippen LogP contribution in [0.15, 0.2) is 12.6 Å². The molecule has 0 spiro atoms. The summed E-state index contributed by atoms with van der Waals surface area (Å²) < 4.78 is 37.4. The maximum absolute atomic E-state index is 12.5. The lowest BCUT2D eigenvalue weighted by atomic mass is 10.1. The van der Waals surface area contributed by atoms with Crippen molar-refractivity contribution in [3.63, 3.8) is 0 Å². The van der Waals surface area contributed by atoms with Crippen LogP contribution in [0.2, 0.25) is 0 Å². The van der Waals surface area contributed by atoms with Gasteiger partial charge in [-0.3, -0.25) is 0 Å². The molecule has 0 aliphatic carbocycles. The molecule has 1 heterocycles. The fourth-order valence-electron chi connectivity index (χ4n) is 1.20. The summed E-state index contributed by atoms with van der Waals surface area (Å²) in [6.45, 7) is 4.78. The molecule has 5 heteroatoms. The highest BCUT2D eigenvalue weighted by molar-refractivity contribution is 5.58. The molecule has 0 atom stereocenters. The first-order valence-corrected chi connectivity index (χ1v) is 3.83. The minimum Gasteiger partial charge on any atom is -0.384 e. The molecular weight excluding hydrogens is 193 g/mol. The zero-order valence-corrected chi connectivity index (χ0v) is 7.52. The van der Waals surface area contributed by atoms with E-state index >= 15 is 0 Å². The first kappa shape index (κ1) is 10.6. The number of aryl methyl sites for hydroxylation is 1. The maximum Gasteiger partial charge on any atom is 0.417 e. The van der Waals surface area contributed by atoms with Crippen LogP contribution in [0.1, 0.15) is 16.8 Å². The molecule has 0 amide bonds. The van der Waals surface area contributed by atoms with Gasteiger partial charge in [-0.25, -0.2) is 4.98 Å². The van der Waals surface area contributed by atoms with E-state index in [-0.39, 0.29) is 17.1 Å². The van der Waals surface area contributed by atoms with Crippen molar-refractivity contribution in [3.8, 4) is 0 Å². The van der Waals surface area contributed by atoms with E-state index in [2.05, 4.69) is 11.6 Å². The summed E-state index contributed by atoms with van der Waals surface area (Å²) in [6, 6.07) is 0.810. The van der Waals surface area contributed by atoms with Crippen molar-refractivity contribution in [3.05, 3.63) is 29.5 Å². The molecule has 0 fully saturated rings. The van der Waals surface area contributed by atoms with Crippen LogP contribution in [-0.2, 0) is 6.18 Å². The van der Waals surface area contributed by atoms with Gasteiger partial charge in [-0.15, -0.1) is 0 Å². The van der Waals surface area contributed by atoms with Gasteiger partial charge in [0.2, 0.25) is 0 Å². The molecule has 0 aliphatic rings. The molecular formula is C9H9F3N2. The van der Waals surface area contributed by atoms with Crippen LogP contribution < -0.4 is 5.73 Å². The first-order valence-electron chi connectivity index (χ1n) is 3.83. The summed E-state index contributed by atoms with van der Waals surface area (Å²) in [7, 11) is 0. The topological polar surface area (TPSA) is 38.9 Å². The van der Waals surface area contributed by atoms with Crippen molar-refractivity contribution in [2.75, 3.05) is 5.73 Å². The van der Waals surface area contributed by atoms with Gasteiger partial charge >= 0.3 is 6.18 Å². The number of hydrogen-bond acceptors (Lipinski definition) is 2. The smallest absolute Gasteiger partial charge is 0.384 e. The molecule has 0 aliphatic heterocycles. The second-order valence-electron chi connectivity index (χ2n) is 2.80. The van der Waals surface area contributed by atoms with E-state index in [1.54, 1.807) is 0 Å². The van der Waals surface area contributed by atoms with Crippen molar-refractivity contribution >= 4 is 11.9 Å². The number of pyridine rings is 1. The second-order valence-corrected chi connectivity index (χ2v) is 2.80. The third-order valence-electron chi connectivity index (χ3n) is 1.78. The number of anilines is 1. The number of nitrogen functional groups attached to an aromatic ring is 1. The Labute approximate surface area is 79.3 Å². The molecule has 14 heavy (non-hydrogen) atoms. The Balaban J connectivity index is 3.48. The predicted molar refractivity (Wildman–Crippen MR) is 48.5 cm³/mol. The van der Waals surface area contributed by atoms with Gasteiger partial charge in [0.05, 0.1) is 5.56 Å². The minimum absolute atomic E-state index is 0.0216. The lowest BCUT2D eigenvalue weighted by Gasteiger charge is -2.12. The molecule has 1 rings (SSSR count). The summed E-state index contributed by atoms with van der Waals surface area (Å²) in [5.41, 5.74) is 4.65. The van der Waals surface area contributed by atoms with Gasteiger partial charge < -0.3 is 5.73 Å². The standard InChI is InChI=1S/C9H9F3N2/c1-3-6-5(2)14-8(13)4-7(6)9(10,11)12/h3-4H,1H2,2H3,(H2,13,14). The molecule has 1 aromatic rings. The highest BCUT2D eigenvalue weighted by atomic mass is 19.4. The van der Waals surface area contributed by atoms with E-state index in [4.69, 9.17) is 5.73 Å². The second kappa shape index (κ2) is 3.32. The molecule has 0 bridgehead atoms. The molecule has 1 aromatic heterocycles. The lowest BCUT2D eigenvalue weighted by molar-refractivity contribution is -0.137. The summed E-state index contributed by atoms with van der Waals surface area (Å²) in [6.07, 6.45) is -3.30. The van der Waals surface area contributed by atoms with Crippen LogP contribution in [-0.4, -0.2) is 4.98 Å². The molecule has 0 unspecified atom stereocenters. The minimum atomic E-state index is -4.43. The average molecular weight is 202 g/mol. The number of nitrogens with two attached hydrogens (primary N) is 1. The summed E-state index contributed by atoms with van der Waals surface area (Å²) >= 11 is 0. The fraction of sp³-hybridized carbons (Fsp3) is 0.222. The number of halogens is 3. The summed E-state index contributed by atoms with van der Waals surface area (Å²) in [5.74, 6) is -0.138. The van der Waals surface area contributed by atoms with Crippen molar-refractivity contribution in [2.45, 2.75) is 13.1 Å². The van der Waals surface area contributed by atoms with Gasteiger partial charge in [-0.05, 0) is 13.0 Å². The third-order valence-corrected chi connectivity index (χ3v) is 1.78. The Kier molecular flexibility index (Phi) is 2.51. The van der Waals surface area contributed by atoms with E-state index in [0.29, 0.717) is 0 Å². The zero-order chi connectivity index (χ0) is 10.9. The monoisotopic (exact) mass is 202 g/mol. The SMILES string of the molecule is C=Cc1c(C(F)(F)F)cc(N)nc1C. The highest BCUT2D eigenvalue weighted by Gasteiger charge is 2.33. The van der Waals surface area contributed by atoms with Crippen molar-refractivity contribution in [1.82, 2.24) is 4.98 Å². The van der Waals surface area contributed by atoms with Crippen molar-refractivity contribution in [1.29, 1.82) is 0 Å². The van der Waals surface area contributed by atoms with Crippen molar-refractivity contribution < 1.29 is 13.2 Å². The van der Waals surface area contributed by atoms with Crippen LogP contribution in [0.25, 0.3) is 6.08 Å². The van der Waals surface area contributed by atoms with Gasteiger partial charge in [-0.2, -0.15) is 13.2 Å². The molecule has 2 N–H and O–H groups in total. The number of aromatic nitrogens is 1. The van der Waals surface area contributed by atoms with E-state index in [1.165, 1.54) is 6.92 Å². The molecule has 76 valence electrons. The van der Waals surface area contributed by atoms with E-state index in [0.717, 1.165) is 12.1 Å². The molecule has 2 nitrogen and oxygen atoms in total. The Morgan fingerprint density at radius 1 is 1.50 bits per heavy atom. The van der Waals surface area contributed by atoms with Gasteiger partial charge in [0.25, 0.3) is 0 Å². The first-order chi connectivity index (χ1) is 6.36. The van der Waals surface area contributed by atoms with Crippen LogP contribution in [0.4, 0.5) is 19.0 Å². The van der Waals surface area contributed by atoms with Crippen LogP contribution >= 0.6 is 0 Å². The Morgan fingerprint density at radius 2 is 2.07 bits per heavy atom. The number of hydrogen-bond donors (Lipinski definition) is 1. The average Bonchev–Trinajstić information content (AvgIpc) is 2.01. The molecule has 0 radical (unpaired) electrons. The maximum atomic E-state index is 12.5. The van der Waals surface area contributed by atoms with Crippen molar-refractivity contribution in [2.24, 2.45) is 0 Å². The lowest BCUT2D eigenvalue weighted by Crippen LogP contribution is -2.10. The number of nitrogens with zero attached hydrogens (tertiary/aromatic N) is 1. The predicted octanol–water partition coefficient (Wildman–Crippen LogP) is 2.63.